The van der Waals surface area contributed by atoms with Crippen molar-refractivity contribution in [2.75, 3.05) is 31.1 Å². The Morgan fingerprint density at radius 3 is 2.32 bits per heavy atom. The lowest BCUT2D eigenvalue weighted by atomic mass is 10.1. The number of hydrogen-bond donors (Lipinski definition) is 0. The number of aromatic nitrogens is 2. The summed E-state index contributed by atoms with van der Waals surface area (Å²) in [4.78, 5) is 34.8. The zero-order chi connectivity index (χ0) is 23.8. The first kappa shape index (κ1) is 21.9. The summed E-state index contributed by atoms with van der Waals surface area (Å²) >= 11 is 0. The minimum absolute atomic E-state index is 0.0199. The van der Waals surface area contributed by atoms with Crippen LogP contribution in [0.1, 0.15) is 21.5 Å². The van der Waals surface area contributed by atoms with Gasteiger partial charge in [-0.3, -0.25) is 9.59 Å². The topological polar surface area (TPSA) is 58.4 Å². The Hall–Kier alpha value is -3.93. The van der Waals surface area contributed by atoms with Crippen molar-refractivity contribution in [1.29, 1.82) is 0 Å². The minimum Gasteiger partial charge on any atom is -0.368 e. The molecule has 6 nitrogen and oxygen atoms in total. The summed E-state index contributed by atoms with van der Waals surface area (Å²) in [5, 5.41) is 0. The molecule has 172 valence electrons. The lowest BCUT2D eigenvalue weighted by molar-refractivity contribution is 0.0747. The quantitative estimate of drug-likeness (QED) is 0.468. The largest absolute Gasteiger partial charge is 0.368 e. The Kier molecular flexibility index (Phi) is 5.65. The Labute approximate surface area is 199 Å². The Balaban J connectivity index is 1.32. The minimum atomic E-state index is -0.152. The number of carbonyl (C=O) groups excluding carboxylic acids is 1. The molecule has 0 aliphatic carbocycles. The van der Waals surface area contributed by atoms with Crippen molar-refractivity contribution in [1.82, 2.24) is 14.5 Å². The summed E-state index contributed by atoms with van der Waals surface area (Å²) in [6, 6.07) is 21.3. The highest BCUT2D eigenvalue weighted by Gasteiger charge is 2.23. The van der Waals surface area contributed by atoms with Crippen LogP contribution in [-0.2, 0) is 7.05 Å². The fourth-order valence-electron chi connectivity index (χ4n) is 4.63. The van der Waals surface area contributed by atoms with Gasteiger partial charge in [-0.25, -0.2) is 4.98 Å². The SMILES string of the molecule is Cc1ccc(C)c(N2CCN(C(=O)c3ccc(-c4nc5ccccc5n(C)c4=O)cc3)CC2)c1. The van der Waals surface area contributed by atoms with E-state index in [9.17, 15) is 9.59 Å². The summed E-state index contributed by atoms with van der Waals surface area (Å²) in [5.74, 6) is 0.0199. The van der Waals surface area contributed by atoms with Crippen molar-refractivity contribution in [3.8, 4) is 11.3 Å². The van der Waals surface area contributed by atoms with Gasteiger partial charge in [-0.05, 0) is 55.3 Å². The number of para-hydroxylation sites is 2. The average molecular weight is 453 g/mol. The number of fused-ring (bicyclic) bond motifs is 1. The molecular weight excluding hydrogens is 424 g/mol. The highest BCUT2D eigenvalue weighted by molar-refractivity contribution is 5.95. The molecule has 6 heteroatoms. The molecule has 4 aromatic rings. The van der Waals surface area contributed by atoms with E-state index in [1.807, 2.05) is 41.3 Å². The van der Waals surface area contributed by atoms with Gasteiger partial charge in [-0.1, -0.05) is 36.4 Å². The van der Waals surface area contributed by atoms with Crippen LogP contribution in [0.3, 0.4) is 0 Å². The zero-order valence-corrected chi connectivity index (χ0v) is 19.8. The fraction of sp³-hybridized carbons (Fsp3) is 0.250. The standard InChI is InChI=1S/C28H28N4O2/c1-19-8-9-20(2)25(18-19)31-14-16-32(17-15-31)27(33)22-12-10-21(11-13-22)26-28(34)30(3)24-7-5-4-6-23(24)29-26/h4-13,18H,14-17H2,1-3H3. The summed E-state index contributed by atoms with van der Waals surface area (Å²) in [6.45, 7) is 7.22. The van der Waals surface area contributed by atoms with E-state index in [-0.39, 0.29) is 11.5 Å². The van der Waals surface area contributed by atoms with Crippen molar-refractivity contribution < 1.29 is 4.79 Å². The maximum Gasteiger partial charge on any atom is 0.277 e. The summed E-state index contributed by atoms with van der Waals surface area (Å²) in [5.41, 5.74) is 6.89. The summed E-state index contributed by atoms with van der Waals surface area (Å²) < 4.78 is 1.62. The maximum atomic E-state index is 13.1. The molecule has 0 bridgehead atoms. The first-order chi connectivity index (χ1) is 16.4. The van der Waals surface area contributed by atoms with E-state index in [0.717, 1.165) is 24.1 Å². The number of piperazine rings is 1. The Bertz CT molecular complexity index is 1430. The smallest absolute Gasteiger partial charge is 0.277 e. The molecule has 1 aromatic heterocycles. The van der Waals surface area contributed by atoms with Crippen LogP contribution >= 0.6 is 0 Å². The third-order valence-corrected chi connectivity index (χ3v) is 6.66. The van der Waals surface area contributed by atoms with Gasteiger partial charge < -0.3 is 14.4 Å². The number of rotatable bonds is 3. The number of hydrogen-bond acceptors (Lipinski definition) is 4. The zero-order valence-electron chi connectivity index (χ0n) is 19.8. The van der Waals surface area contributed by atoms with Gasteiger partial charge in [-0.2, -0.15) is 0 Å². The van der Waals surface area contributed by atoms with Crippen molar-refractivity contribution in [2.24, 2.45) is 7.05 Å². The van der Waals surface area contributed by atoms with Crippen LogP contribution in [0.4, 0.5) is 5.69 Å². The van der Waals surface area contributed by atoms with Crippen LogP contribution in [0.25, 0.3) is 22.3 Å². The van der Waals surface area contributed by atoms with Gasteiger partial charge in [0.25, 0.3) is 11.5 Å². The Morgan fingerprint density at radius 1 is 0.882 bits per heavy atom. The highest BCUT2D eigenvalue weighted by Crippen LogP contribution is 2.24. The van der Waals surface area contributed by atoms with Gasteiger partial charge >= 0.3 is 0 Å². The van der Waals surface area contributed by atoms with Gasteiger partial charge in [0.05, 0.1) is 11.0 Å². The molecule has 1 aliphatic heterocycles. The first-order valence-corrected chi connectivity index (χ1v) is 11.6. The molecule has 1 amide bonds. The van der Waals surface area contributed by atoms with Gasteiger partial charge in [0.2, 0.25) is 0 Å². The molecule has 0 N–H and O–H groups in total. The number of amides is 1. The van der Waals surface area contributed by atoms with E-state index >= 15 is 0 Å². The van der Waals surface area contributed by atoms with Crippen molar-refractivity contribution >= 4 is 22.6 Å². The van der Waals surface area contributed by atoms with Crippen molar-refractivity contribution in [3.63, 3.8) is 0 Å². The van der Waals surface area contributed by atoms with Gasteiger partial charge in [0.15, 0.2) is 0 Å². The molecular formula is C28H28N4O2. The van der Waals surface area contributed by atoms with Crippen molar-refractivity contribution in [3.05, 3.63) is 93.8 Å². The molecule has 2 heterocycles. The van der Waals surface area contributed by atoms with E-state index in [1.165, 1.54) is 16.8 Å². The molecule has 1 fully saturated rings. The van der Waals surface area contributed by atoms with Gasteiger partial charge in [0, 0.05) is 50.0 Å². The summed E-state index contributed by atoms with van der Waals surface area (Å²) in [7, 11) is 1.76. The normalized spacial score (nSPS) is 14.0. The van der Waals surface area contributed by atoms with E-state index in [1.54, 1.807) is 23.7 Å². The summed E-state index contributed by atoms with van der Waals surface area (Å²) in [6.07, 6.45) is 0. The van der Waals surface area contributed by atoms with Crippen LogP contribution in [0.5, 0.6) is 0 Å². The predicted molar refractivity (Wildman–Crippen MR) is 136 cm³/mol. The van der Waals surface area contributed by atoms with Crippen LogP contribution in [0.15, 0.2) is 71.5 Å². The van der Waals surface area contributed by atoms with Crippen LogP contribution in [0, 0.1) is 13.8 Å². The van der Waals surface area contributed by atoms with Crippen LogP contribution in [-0.4, -0.2) is 46.5 Å². The van der Waals surface area contributed by atoms with Gasteiger partial charge in [-0.15, -0.1) is 0 Å². The molecule has 1 saturated heterocycles. The molecule has 3 aromatic carbocycles. The number of benzene rings is 3. The second-order valence-corrected chi connectivity index (χ2v) is 8.96. The van der Waals surface area contributed by atoms with E-state index < -0.39 is 0 Å². The fourth-order valence-corrected chi connectivity index (χ4v) is 4.63. The number of aryl methyl sites for hydroxylation is 3. The van der Waals surface area contributed by atoms with Crippen LogP contribution in [0.2, 0.25) is 0 Å². The third-order valence-electron chi connectivity index (χ3n) is 6.66. The predicted octanol–water partition coefficient (Wildman–Crippen LogP) is 4.18. The molecule has 0 unspecified atom stereocenters. The lowest BCUT2D eigenvalue weighted by Gasteiger charge is -2.37. The Morgan fingerprint density at radius 2 is 1.59 bits per heavy atom. The van der Waals surface area contributed by atoms with Gasteiger partial charge in [0.1, 0.15) is 5.69 Å². The molecule has 1 aliphatic rings. The van der Waals surface area contributed by atoms with Crippen LogP contribution < -0.4 is 10.5 Å². The van der Waals surface area contributed by atoms with Crippen molar-refractivity contribution in [2.45, 2.75) is 13.8 Å². The monoisotopic (exact) mass is 452 g/mol. The molecule has 0 atom stereocenters. The number of nitrogens with zero attached hydrogens (tertiary/aromatic N) is 4. The number of anilines is 1. The van der Waals surface area contributed by atoms with E-state index in [4.69, 9.17) is 0 Å². The van der Waals surface area contributed by atoms with E-state index in [2.05, 4.69) is 41.9 Å². The van der Waals surface area contributed by atoms with E-state index in [0.29, 0.717) is 29.9 Å². The molecule has 0 saturated carbocycles. The third kappa shape index (κ3) is 3.96. The lowest BCUT2D eigenvalue weighted by Crippen LogP contribution is -2.49. The molecule has 5 rings (SSSR count). The number of carbonyl (C=O) groups is 1. The molecule has 0 radical (unpaired) electrons. The first-order valence-electron chi connectivity index (χ1n) is 11.6. The average Bonchev–Trinajstić information content (AvgIpc) is 2.87. The molecule has 0 spiro atoms. The maximum absolute atomic E-state index is 13.1. The molecule has 34 heavy (non-hydrogen) atoms. The second-order valence-electron chi connectivity index (χ2n) is 8.96. The second kappa shape index (κ2) is 8.78. The highest BCUT2D eigenvalue weighted by atomic mass is 16.2.